The number of hydrogen-bond donors (Lipinski definition) is 1. The highest BCUT2D eigenvalue weighted by atomic mass is 35.5. The van der Waals surface area contributed by atoms with Crippen molar-refractivity contribution in [3.63, 3.8) is 0 Å². The van der Waals surface area contributed by atoms with E-state index < -0.39 is 9.84 Å². The minimum atomic E-state index is -3.28. The molecular weight excluding hydrogens is 302 g/mol. The van der Waals surface area contributed by atoms with Crippen molar-refractivity contribution in [1.29, 1.82) is 0 Å². The van der Waals surface area contributed by atoms with Crippen LogP contribution in [0.5, 0.6) is 0 Å². The molecule has 0 saturated carbocycles. The number of halogens is 1. The predicted molar refractivity (Wildman–Crippen MR) is 79.0 cm³/mol. The van der Waals surface area contributed by atoms with Crippen LogP contribution < -0.4 is 5.32 Å². The fourth-order valence-electron chi connectivity index (χ4n) is 1.66. The van der Waals surface area contributed by atoms with Crippen molar-refractivity contribution >= 4 is 21.4 Å². The first-order valence-corrected chi connectivity index (χ1v) is 8.48. The summed E-state index contributed by atoms with van der Waals surface area (Å²) >= 11 is 6.06. The van der Waals surface area contributed by atoms with Gasteiger partial charge in [0.1, 0.15) is 0 Å². The van der Waals surface area contributed by atoms with Crippen LogP contribution in [0.1, 0.15) is 5.56 Å². The van der Waals surface area contributed by atoms with Crippen LogP contribution in [0.3, 0.4) is 0 Å². The predicted octanol–water partition coefficient (Wildman–Crippen LogP) is 1.50. The number of ether oxygens (including phenoxy) is 2. The normalized spacial score (nSPS) is 11.8. The Morgan fingerprint density at radius 1 is 1.25 bits per heavy atom. The molecule has 1 aromatic carbocycles. The summed E-state index contributed by atoms with van der Waals surface area (Å²) in [6.45, 7) is 2.62. The zero-order chi connectivity index (χ0) is 15.0. The van der Waals surface area contributed by atoms with Gasteiger partial charge in [-0.15, -0.1) is 0 Å². The van der Waals surface area contributed by atoms with E-state index in [1.807, 2.05) is 0 Å². The Labute approximate surface area is 125 Å². The van der Waals surface area contributed by atoms with Gasteiger partial charge in [0.05, 0.1) is 24.7 Å². The van der Waals surface area contributed by atoms with E-state index in [9.17, 15) is 8.42 Å². The molecule has 0 fully saturated rings. The molecule has 0 unspecified atom stereocenters. The Bertz CT molecular complexity index is 519. The van der Waals surface area contributed by atoms with Gasteiger partial charge >= 0.3 is 0 Å². The quantitative estimate of drug-likeness (QED) is 0.698. The van der Waals surface area contributed by atoms with Gasteiger partial charge in [0.2, 0.25) is 0 Å². The van der Waals surface area contributed by atoms with E-state index in [2.05, 4.69) is 5.32 Å². The van der Waals surface area contributed by atoms with Crippen LogP contribution >= 0.6 is 11.6 Å². The molecule has 0 heterocycles. The molecule has 0 spiro atoms. The van der Waals surface area contributed by atoms with Crippen molar-refractivity contribution in [2.75, 3.05) is 39.7 Å². The third-order valence-electron chi connectivity index (χ3n) is 2.63. The van der Waals surface area contributed by atoms with Crippen LogP contribution in [0.4, 0.5) is 0 Å². The van der Waals surface area contributed by atoms with Crippen LogP contribution in [-0.2, 0) is 25.9 Å². The lowest BCUT2D eigenvalue weighted by molar-refractivity contribution is 0.0719. The summed E-state index contributed by atoms with van der Waals surface area (Å²) < 4.78 is 33.5. The molecule has 0 amide bonds. The van der Waals surface area contributed by atoms with E-state index in [0.717, 1.165) is 0 Å². The molecule has 114 valence electrons. The molecule has 0 saturated heterocycles. The first-order chi connectivity index (χ1) is 9.46. The third-order valence-corrected chi connectivity index (χ3v) is 4.17. The Kier molecular flexibility index (Phi) is 7.47. The highest BCUT2D eigenvalue weighted by Gasteiger charge is 2.15. The first-order valence-electron chi connectivity index (χ1n) is 6.21. The third kappa shape index (κ3) is 5.76. The molecule has 1 N–H and O–H groups in total. The summed E-state index contributed by atoms with van der Waals surface area (Å²) in [5.74, 6) is 0. The molecule has 1 aromatic rings. The number of rotatable bonds is 9. The molecule has 1 rings (SSSR count). The van der Waals surface area contributed by atoms with Crippen LogP contribution in [-0.4, -0.2) is 48.1 Å². The Morgan fingerprint density at radius 2 is 2.00 bits per heavy atom. The van der Waals surface area contributed by atoms with Crippen LogP contribution in [0.25, 0.3) is 0 Å². The average molecular weight is 322 g/mol. The van der Waals surface area contributed by atoms with Gasteiger partial charge < -0.3 is 14.8 Å². The number of benzene rings is 1. The van der Waals surface area contributed by atoms with E-state index in [1.54, 1.807) is 25.3 Å². The number of sulfone groups is 1. The molecule has 0 aromatic heterocycles. The second kappa shape index (κ2) is 8.59. The lowest BCUT2D eigenvalue weighted by Crippen LogP contribution is -2.21. The van der Waals surface area contributed by atoms with Gasteiger partial charge in [-0.25, -0.2) is 8.42 Å². The van der Waals surface area contributed by atoms with Crippen molar-refractivity contribution < 1.29 is 17.9 Å². The molecule has 0 aliphatic carbocycles. The Morgan fingerprint density at radius 3 is 2.65 bits per heavy atom. The van der Waals surface area contributed by atoms with Gasteiger partial charge in [0.15, 0.2) is 9.84 Å². The van der Waals surface area contributed by atoms with Gasteiger partial charge in [-0.05, 0) is 12.1 Å². The SMILES string of the molecule is COCCOCCNCc1c(Cl)cccc1S(C)(=O)=O. The molecule has 5 nitrogen and oxygen atoms in total. The van der Waals surface area contributed by atoms with Gasteiger partial charge in [-0.2, -0.15) is 0 Å². The molecule has 20 heavy (non-hydrogen) atoms. The smallest absolute Gasteiger partial charge is 0.175 e. The largest absolute Gasteiger partial charge is 0.382 e. The van der Waals surface area contributed by atoms with Gasteiger partial charge in [0, 0.05) is 37.0 Å². The van der Waals surface area contributed by atoms with Gasteiger partial charge in [-0.1, -0.05) is 17.7 Å². The van der Waals surface area contributed by atoms with Crippen LogP contribution in [0.15, 0.2) is 23.1 Å². The summed E-state index contributed by atoms with van der Waals surface area (Å²) in [6.07, 6.45) is 1.18. The van der Waals surface area contributed by atoms with E-state index in [4.69, 9.17) is 21.1 Å². The van der Waals surface area contributed by atoms with Crippen LogP contribution in [0, 0.1) is 0 Å². The van der Waals surface area contributed by atoms with Crippen molar-refractivity contribution in [3.8, 4) is 0 Å². The number of hydrogen-bond acceptors (Lipinski definition) is 5. The van der Waals surface area contributed by atoms with Crippen LogP contribution in [0.2, 0.25) is 5.02 Å². The molecule has 0 bridgehead atoms. The second-order valence-corrected chi connectivity index (χ2v) is 6.66. The zero-order valence-electron chi connectivity index (χ0n) is 11.7. The fourth-order valence-corrected chi connectivity index (χ4v) is 2.91. The number of nitrogens with one attached hydrogen (secondary N) is 1. The minimum Gasteiger partial charge on any atom is -0.382 e. The average Bonchev–Trinajstić information content (AvgIpc) is 2.38. The van der Waals surface area contributed by atoms with E-state index in [0.29, 0.717) is 43.5 Å². The topological polar surface area (TPSA) is 64.6 Å². The molecule has 0 aliphatic rings. The second-order valence-electron chi connectivity index (χ2n) is 4.27. The Balaban J connectivity index is 2.52. The van der Waals surface area contributed by atoms with Gasteiger partial charge in [-0.3, -0.25) is 0 Å². The maximum Gasteiger partial charge on any atom is 0.175 e. The maximum atomic E-state index is 11.7. The summed E-state index contributed by atoms with van der Waals surface area (Å²) in [5.41, 5.74) is 0.591. The molecule has 7 heteroatoms. The lowest BCUT2D eigenvalue weighted by Gasteiger charge is -2.11. The zero-order valence-corrected chi connectivity index (χ0v) is 13.3. The summed E-state index contributed by atoms with van der Waals surface area (Å²) in [7, 11) is -1.67. The summed E-state index contributed by atoms with van der Waals surface area (Å²) in [5, 5.41) is 3.56. The first kappa shape index (κ1) is 17.4. The lowest BCUT2D eigenvalue weighted by atomic mass is 10.2. The van der Waals surface area contributed by atoms with E-state index in [1.165, 1.54) is 6.26 Å². The minimum absolute atomic E-state index is 0.262. The standard InChI is InChI=1S/C13H20ClNO4S/c1-18-8-9-19-7-6-15-10-11-12(14)4-3-5-13(11)20(2,16)17/h3-5,15H,6-10H2,1-2H3. The Hall–Kier alpha value is -0.660. The summed E-state index contributed by atoms with van der Waals surface area (Å²) in [4.78, 5) is 0.262. The van der Waals surface area contributed by atoms with Gasteiger partial charge in [0.25, 0.3) is 0 Å². The molecule has 0 aliphatic heterocycles. The highest BCUT2D eigenvalue weighted by Crippen LogP contribution is 2.23. The monoisotopic (exact) mass is 321 g/mol. The maximum absolute atomic E-state index is 11.7. The van der Waals surface area contributed by atoms with E-state index >= 15 is 0 Å². The molecular formula is C13H20ClNO4S. The van der Waals surface area contributed by atoms with Crippen molar-refractivity contribution in [2.45, 2.75) is 11.4 Å². The van der Waals surface area contributed by atoms with Crippen molar-refractivity contribution in [3.05, 3.63) is 28.8 Å². The molecule has 0 atom stereocenters. The fraction of sp³-hybridized carbons (Fsp3) is 0.538. The molecule has 0 radical (unpaired) electrons. The van der Waals surface area contributed by atoms with E-state index in [-0.39, 0.29) is 4.90 Å². The number of methoxy groups -OCH3 is 1. The van der Waals surface area contributed by atoms with Crippen molar-refractivity contribution in [2.24, 2.45) is 0 Å². The highest BCUT2D eigenvalue weighted by molar-refractivity contribution is 7.90. The summed E-state index contributed by atoms with van der Waals surface area (Å²) in [6, 6.07) is 4.88. The van der Waals surface area contributed by atoms with Crippen molar-refractivity contribution in [1.82, 2.24) is 5.32 Å².